The summed E-state index contributed by atoms with van der Waals surface area (Å²) in [6.45, 7) is 11.9. The van der Waals surface area contributed by atoms with Crippen LogP contribution in [0.4, 0.5) is 0 Å². The number of hydrogen-bond donors (Lipinski definition) is 2. The molecule has 1 atom stereocenters. The molecule has 2 fully saturated rings. The van der Waals surface area contributed by atoms with Crippen LogP contribution in [-0.2, 0) is 14.2 Å². The Bertz CT molecular complexity index is 405. The van der Waals surface area contributed by atoms with Crippen LogP contribution in [0.1, 0.15) is 58.8 Å². The third-order valence-corrected chi connectivity index (χ3v) is 5.70. The number of guanidine groups is 1. The van der Waals surface area contributed by atoms with E-state index in [0.29, 0.717) is 11.3 Å². The monoisotopic (exact) mass is 383 g/mol. The molecule has 6 nitrogen and oxygen atoms in total. The Morgan fingerprint density at radius 1 is 1.15 bits per heavy atom. The van der Waals surface area contributed by atoms with Gasteiger partial charge in [0.05, 0.1) is 13.2 Å². The maximum atomic E-state index is 5.78. The molecule has 1 unspecified atom stereocenters. The zero-order valence-corrected chi connectivity index (χ0v) is 17.6. The maximum absolute atomic E-state index is 5.78. The lowest BCUT2D eigenvalue weighted by molar-refractivity contribution is 0.0888. The molecule has 1 aliphatic carbocycles. The lowest BCUT2D eigenvalue weighted by Gasteiger charge is -2.27. The highest BCUT2D eigenvalue weighted by atomic mass is 16.5. The first-order chi connectivity index (χ1) is 13.3. The number of rotatable bonds is 13. The van der Waals surface area contributed by atoms with Crippen LogP contribution in [0, 0.1) is 11.3 Å². The van der Waals surface area contributed by atoms with Crippen molar-refractivity contribution in [3.05, 3.63) is 0 Å². The minimum absolute atomic E-state index is 0.337. The Kier molecular flexibility index (Phi) is 11.1. The van der Waals surface area contributed by atoms with Gasteiger partial charge in [0.2, 0.25) is 0 Å². The molecule has 0 spiro atoms. The van der Waals surface area contributed by atoms with Crippen LogP contribution in [-0.4, -0.2) is 65.2 Å². The highest BCUT2D eigenvalue weighted by Gasteiger charge is 2.33. The van der Waals surface area contributed by atoms with Crippen LogP contribution < -0.4 is 10.6 Å². The predicted molar refractivity (Wildman–Crippen MR) is 110 cm³/mol. The molecule has 0 radical (unpaired) electrons. The third kappa shape index (κ3) is 8.79. The number of hydrogen-bond acceptors (Lipinski definition) is 4. The molecular weight excluding hydrogens is 342 g/mol. The molecule has 2 aliphatic rings. The zero-order valence-electron chi connectivity index (χ0n) is 17.6. The molecule has 0 aromatic carbocycles. The molecule has 2 rings (SSSR count). The first-order valence-corrected chi connectivity index (χ1v) is 11.0. The first kappa shape index (κ1) is 22.4. The Labute approximate surface area is 165 Å². The van der Waals surface area contributed by atoms with Gasteiger partial charge in [-0.3, -0.25) is 4.99 Å². The van der Waals surface area contributed by atoms with Crippen molar-refractivity contribution >= 4 is 5.96 Å². The summed E-state index contributed by atoms with van der Waals surface area (Å²) >= 11 is 0. The fraction of sp³-hybridized carbons (Fsp3) is 0.952. The summed E-state index contributed by atoms with van der Waals surface area (Å²) in [6.07, 6.45) is 8.48. The van der Waals surface area contributed by atoms with Crippen LogP contribution in [0.15, 0.2) is 4.99 Å². The molecule has 1 saturated heterocycles. The van der Waals surface area contributed by atoms with Gasteiger partial charge >= 0.3 is 0 Å². The number of nitrogens with one attached hydrogen (secondary N) is 2. The molecule has 27 heavy (non-hydrogen) atoms. The van der Waals surface area contributed by atoms with E-state index < -0.39 is 0 Å². The van der Waals surface area contributed by atoms with Crippen molar-refractivity contribution in [3.8, 4) is 0 Å². The molecule has 2 N–H and O–H groups in total. The van der Waals surface area contributed by atoms with Crippen LogP contribution >= 0.6 is 0 Å². The summed E-state index contributed by atoms with van der Waals surface area (Å²) in [5.41, 5.74) is 0.337. The minimum atomic E-state index is 0.337. The van der Waals surface area contributed by atoms with Crippen LogP contribution in [0.3, 0.4) is 0 Å². The zero-order chi connectivity index (χ0) is 19.2. The fourth-order valence-electron chi connectivity index (χ4n) is 3.98. The highest BCUT2D eigenvalue weighted by molar-refractivity contribution is 5.79. The van der Waals surface area contributed by atoms with Gasteiger partial charge in [-0.15, -0.1) is 0 Å². The molecule has 1 aliphatic heterocycles. The topological polar surface area (TPSA) is 64.1 Å². The second-order valence-electron chi connectivity index (χ2n) is 7.93. The van der Waals surface area contributed by atoms with Crippen molar-refractivity contribution in [2.75, 3.05) is 59.3 Å². The lowest BCUT2D eigenvalue weighted by atomic mass is 9.83. The second kappa shape index (κ2) is 13.3. The summed E-state index contributed by atoms with van der Waals surface area (Å²) in [4.78, 5) is 4.91. The molecule has 1 saturated carbocycles. The fourth-order valence-corrected chi connectivity index (χ4v) is 3.98. The third-order valence-electron chi connectivity index (χ3n) is 5.70. The SMILES string of the molecule is CCNC(=NCC1(CCOCC)CCCC1)NCCCOCC1CCOC1. The molecule has 158 valence electrons. The summed E-state index contributed by atoms with van der Waals surface area (Å²) < 4.78 is 16.8. The van der Waals surface area contributed by atoms with Gasteiger partial charge in [0, 0.05) is 52.0 Å². The van der Waals surface area contributed by atoms with Gasteiger partial charge in [0.25, 0.3) is 0 Å². The van der Waals surface area contributed by atoms with E-state index in [4.69, 9.17) is 19.2 Å². The average molecular weight is 384 g/mol. The Morgan fingerprint density at radius 3 is 2.70 bits per heavy atom. The number of aliphatic imine (C=N–C) groups is 1. The Hall–Kier alpha value is -0.850. The average Bonchev–Trinajstić information content (AvgIpc) is 3.35. The van der Waals surface area contributed by atoms with E-state index >= 15 is 0 Å². The van der Waals surface area contributed by atoms with Gasteiger partial charge in [0.1, 0.15) is 0 Å². The van der Waals surface area contributed by atoms with E-state index in [1.54, 1.807) is 0 Å². The van der Waals surface area contributed by atoms with Crippen LogP contribution in [0.25, 0.3) is 0 Å². The van der Waals surface area contributed by atoms with E-state index in [1.807, 2.05) is 0 Å². The normalized spacial score (nSPS) is 22.3. The van der Waals surface area contributed by atoms with E-state index in [0.717, 1.165) is 84.5 Å². The summed E-state index contributed by atoms with van der Waals surface area (Å²) in [7, 11) is 0. The largest absolute Gasteiger partial charge is 0.382 e. The first-order valence-electron chi connectivity index (χ1n) is 11.0. The van der Waals surface area contributed by atoms with Gasteiger partial charge in [-0.25, -0.2) is 0 Å². The molecule has 0 amide bonds. The number of nitrogens with zero attached hydrogens (tertiary/aromatic N) is 1. The van der Waals surface area contributed by atoms with Gasteiger partial charge in [-0.1, -0.05) is 12.8 Å². The Balaban J connectivity index is 1.67. The summed E-state index contributed by atoms with van der Waals surface area (Å²) in [5, 5.41) is 6.84. The Morgan fingerprint density at radius 2 is 2.00 bits per heavy atom. The smallest absolute Gasteiger partial charge is 0.191 e. The van der Waals surface area contributed by atoms with E-state index in [9.17, 15) is 0 Å². The second-order valence-corrected chi connectivity index (χ2v) is 7.93. The molecule has 6 heteroatoms. The predicted octanol–water partition coefficient (Wildman–Crippen LogP) is 2.97. The molecule has 0 bridgehead atoms. The summed E-state index contributed by atoms with van der Waals surface area (Å²) in [5.74, 6) is 1.53. The molecular formula is C21H41N3O3. The van der Waals surface area contributed by atoms with Gasteiger partial charge in [-0.05, 0) is 51.4 Å². The van der Waals surface area contributed by atoms with Crippen molar-refractivity contribution in [1.82, 2.24) is 10.6 Å². The van der Waals surface area contributed by atoms with Gasteiger partial charge < -0.3 is 24.8 Å². The van der Waals surface area contributed by atoms with E-state index in [1.165, 1.54) is 25.7 Å². The maximum Gasteiger partial charge on any atom is 0.191 e. The van der Waals surface area contributed by atoms with Crippen molar-refractivity contribution in [2.24, 2.45) is 16.3 Å². The van der Waals surface area contributed by atoms with Crippen LogP contribution in [0.2, 0.25) is 0 Å². The standard InChI is InChI=1S/C21H41N3O3/c1-3-22-20(23-12-7-13-26-16-19-8-14-27-17-19)24-18-21(9-5-6-10-21)11-15-25-4-2/h19H,3-18H2,1-2H3,(H2,22,23,24). The van der Waals surface area contributed by atoms with Crippen molar-refractivity contribution in [3.63, 3.8) is 0 Å². The van der Waals surface area contributed by atoms with E-state index in [2.05, 4.69) is 24.5 Å². The van der Waals surface area contributed by atoms with E-state index in [-0.39, 0.29) is 0 Å². The quantitative estimate of drug-likeness (QED) is 0.291. The van der Waals surface area contributed by atoms with Crippen molar-refractivity contribution < 1.29 is 14.2 Å². The van der Waals surface area contributed by atoms with Crippen LogP contribution in [0.5, 0.6) is 0 Å². The van der Waals surface area contributed by atoms with Crippen molar-refractivity contribution in [1.29, 1.82) is 0 Å². The molecule has 0 aromatic heterocycles. The molecule has 1 heterocycles. The minimum Gasteiger partial charge on any atom is -0.382 e. The molecule has 0 aromatic rings. The van der Waals surface area contributed by atoms with Gasteiger partial charge in [-0.2, -0.15) is 0 Å². The summed E-state index contributed by atoms with van der Waals surface area (Å²) in [6, 6.07) is 0. The number of ether oxygens (including phenoxy) is 3. The highest BCUT2D eigenvalue weighted by Crippen LogP contribution is 2.41. The lowest BCUT2D eigenvalue weighted by Crippen LogP contribution is -2.39. The van der Waals surface area contributed by atoms with Gasteiger partial charge in [0.15, 0.2) is 5.96 Å². The van der Waals surface area contributed by atoms with Crippen molar-refractivity contribution in [2.45, 2.75) is 58.8 Å².